The number of Topliss-reactive ketones (excluding diaryl/α,β-unsaturated/α-hetero) is 1. The summed E-state index contributed by atoms with van der Waals surface area (Å²) in [5.74, 6) is -1.82. The van der Waals surface area contributed by atoms with Crippen LogP contribution in [0.15, 0.2) is 54.1 Å². The molecular weight excluding hydrogens is 366 g/mol. The third-order valence-corrected chi connectivity index (χ3v) is 4.87. The lowest BCUT2D eigenvalue weighted by Gasteiger charge is -2.27. The first-order valence-corrected chi connectivity index (χ1v) is 8.97. The molecule has 0 aliphatic carbocycles. The zero-order chi connectivity index (χ0) is 19.7. The van der Waals surface area contributed by atoms with Crippen molar-refractivity contribution in [3.8, 4) is 0 Å². The summed E-state index contributed by atoms with van der Waals surface area (Å²) in [7, 11) is 0. The fourth-order valence-electron chi connectivity index (χ4n) is 3.24. The molecule has 140 valence electrons. The third kappa shape index (κ3) is 3.61. The number of hydrogen-bond acceptors (Lipinski definition) is 4. The van der Waals surface area contributed by atoms with Crippen LogP contribution in [0, 0.1) is 6.92 Å². The molecule has 1 fully saturated rings. The Morgan fingerprint density at radius 3 is 2.37 bits per heavy atom. The number of nitrogens with zero attached hydrogens (tertiary/aromatic N) is 1. The predicted molar refractivity (Wildman–Crippen MR) is 103 cm³/mol. The van der Waals surface area contributed by atoms with Gasteiger partial charge in [-0.3, -0.25) is 9.59 Å². The lowest BCUT2D eigenvalue weighted by atomic mass is 9.95. The van der Waals surface area contributed by atoms with Gasteiger partial charge in [-0.2, -0.15) is 0 Å². The second-order valence-corrected chi connectivity index (χ2v) is 7.10. The number of rotatable bonds is 4. The molecule has 2 aromatic carbocycles. The zero-order valence-corrected chi connectivity index (χ0v) is 15.8. The highest BCUT2D eigenvalue weighted by Crippen LogP contribution is 2.41. The van der Waals surface area contributed by atoms with Crippen LogP contribution in [0.2, 0.25) is 5.02 Å². The van der Waals surface area contributed by atoms with E-state index < -0.39 is 23.8 Å². The Bertz CT molecular complexity index is 918. The molecule has 6 heteroatoms. The molecule has 1 aliphatic heterocycles. The quantitative estimate of drug-likeness (QED) is 0.480. The van der Waals surface area contributed by atoms with Gasteiger partial charge in [-0.1, -0.05) is 59.6 Å². The van der Waals surface area contributed by atoms with Crippen LogP contribution in [-0.2, 0) is 9.59 Å². The zero-order valence-electron chi connectivity index (χ0n) is 15.0. The van der Waals surface area contributed by atoms with Crippen LogP contribution >= 0.6 is 11.6 Å². The largest absolute Gasteiger partial charge is 0.507 e. The predicted octanol–water partition coefficient (Wildman–Crippen LogP) is 3.45. The van der Waals surface area contributed by atoms with Crippen molar-refractivity contribution in [2.75, 3.05) is 6.54 Å². The van der Waals surface area contributed by atoms with E-state index in [9.17, 15) is 19.8 Å². The van der Waals surface area contributed by atoms with Gasteiger partial charge in [0.15, 0.2) is 0 Å². The van der Waals surface area contributed by atoms with Crippen molar-refractivity contribution in [3.63, 3.8) is 0 Å². The Morgan fingerprint density at radius 2 is 1.78 bits per heavy atom. The number of carbonyl (C=O) groups excluding carboxylic acids is 2. The Labute approximate surface area is 162 Å². The maximum absolute atomic E-state index is 12.7. The minimum absolute atomic E-state index is 0.0300. The first-order chi connectivity index (χ1) is 12.8. The molecule has 2 aromatic rings. The van der Waals surface area contributed by atoms with Gasteiger partial charge in [-0.15, -0.1) is 0 Å². The van der Waals surface area contributed by atoms with E-state index in [1.807, 2.05) is 19.1 Å². The summed E-state index contributed by atoms with van der Waals surface area (Å²) in [6.07, 6.45) is -0.840. The normalized spacial score (nSPS) is 20.1. The Hall–Kier alpha value is -2.63. The van der Waals surface area contributed by atoms with Crippen LogP contribution < -0.4 is 0 Å². The molecule has 0 saturated carbocycles. The molecular formula is C21H20ClNO4. The Morgan fingerprint density at radius 1 is 1.15 bits per heavy atom. The van der Waals surface area contributed by atoms with Gasteiger partial charge in [-0.25, -0.2) is 0 Å². The van der Waals surface area contributed by atoms with Gasteiger partial charge in [0.05, 0.1) is 17.7 Å². The van der Waals surface area contributed by atoms with Crippen molar-refractivity contribution in [3.05, 3.63) is 75.8 Å². The number of carbonyl (C=O) groups is 2. The van der Waals surface area contributed by atoms with E-state index in [2.05, 4.69) is 0 Å². The van der Waals surface area contributed by atoms with Gasteiger partial charge in [0, 0.05) is 17.1 Å². The summed E-state index contributed by atoms with van der Waals surface area (Å²) in [6.45, 7) is 3.39. The summed E-state index contributed by atoms with van der Waals surface area (Å²) < 4.78 is 0. The van der Waals surface area contributed by atoms with Gasteiger partial charge in [-0.05, 0) is 25.5 Å². The molecule has 1 amide bonds. The number of likely N-dealkylation sites (tertiary alicyclic amines) is 1. The molecule has 1 saturated heterocycles. The van der Waals surface area contributed by atoms with E-state index >= 15 is 0 Å². The monoisotopic (exact) mass is 385 g/mol. The van der Waals surface area contributed by atoms with Gasteiger partial charge in [0.25, 0.3) is 11.7 Å². The van der Waals surface area contributed by atoms with E-state index in [1.54, 1.807) is 36.4 Å². The summed E-state index contributed by atoms with van der Waals surface area (Å²) in [5.41, 5.74) is 1.93. The van der Waals surface area contributed by atoms with E-state index in [0.29, 0.717) is 16.1 Å². The standard InChI is InChI=1S/C21H20ClNO4/c1-12-7-9-14(10-8-12)19(25)17-18(15-5-3-4-6-16(15)22)23(11-13(2)24)21(27)20(17)26/h3-10,13,18,24-25H,11H2,1-2H3/t13-,18-/m1/s1. The second kappa shape index (κ2) is 7.55. The molecule has 3 rings (SSSR count). The highest BCUT2D eigenvalue weighted by Gasteiger charge is 2.46. The molecule has 0 spiro atoms. The SMILES string of the molecule is Cc1ccc(C(O)=C2C(=O)C(=O)N(C[C@@H](C)O)[C@@H]2c2ccccc2Cl)cc1. The van der Waals surface area contributed by atoms with Gasteiger partial charge in [0.1, 0.15) is 5.76 Å². The highest BCUT2D eigenvalue weighted by molar-refractivity contribution is 6.47. The van der Waals surface area contributed by atoms with Crippen molar-refractivity contribution in [1.29, 1.82) is 0 Å². The number of hydrogen-bond donors (Lipinski definition) is 2. The highest BCUT2D eigenvalue weighted by atomic mass is 35.5. The van der Waals surface area contributed by atoms with Crippen molar-refractivity contribution in [2.45, 2.75) is 26.0 Å². The first kappa shape index (κ1) is 19.1. The number of amides is 1. The summed E-state index contributed by atoms with van der Waals surface area (Å²) in [6, 6.07) is 13.0. The van der Waals surface area contributed by atoms with Crippen LogP contribution in [0.4, 0.5) is 0 Å². The van der Waals surface area contributed by atoms with Crippen LogP contribution in [0.5, 0.6) is 0 Å². The fourth-order valence-corrected chi connectivity index (χ4v) is 3.48. The van der Waals surface area contributed by atoms with Crippen molar-refractivity contribution in [2.24, 2.45) is 0 Å². The number of halogens is 1. The minimum atomic E-state index is -0.866. The molecule has 1 aliphatic rings. The Kier molecular flexibility index (Phi) is 5.35. The topological polar surface area (TPSA) is 77.8 Å². The van der Waals surface area contributed by atoms with E-state index in [0.717, 1.165) is 5.56 Å². The number of benzene rings is 2. The van der Waals surface area contributed by atoms with Crippen molar-refractivity contribution >= 4 is 29.1 Å². The number of aryl methyl sites for hydroxylation is 1. The van der Waals surface area contributed by atoms with Gasteiger partial charge in [0.2, 0.25) is 0 Å². The average molecular weight is 386 g/mol. The minimum Gasteiger partial charge on any atom is -0.507 e. The summed E-state index contributed by atoms with van der Waals surface area (Å²) >= 11 is 6.32. The number of aliphatic hydroxyl groups is 2. The number of aliphatic hydroxyl groups excluding tert-OH is 2. The fraction of sp³-hybridized carbons (Fsp3) is 0.238. The molecule has 2 N–H and O–H groups in total. The molecule has 0 unspecified atom stereocenters. The lowest BCUT2D eigenvalue weighted by Crippen LogP contribution is -2.35. The van der Waals surface area contributed by atoms with E-state index in [4.69, 9.17) is 11.6 Å². The summed E-state index contributed by atoms with van der Waals surface area (Å²) in [4.78, 5) is 26.6. The molecule has 0 aromatic heterocycles. The molecule has 27 heavy (non-hydrogen) atoms. The van der Waals surface area contributed by atoms with Crippen molar-refractivity contribution in [1.82, 2.24) is 4.90 Å². The molecule has 0 bridgehead atoms. The Balaban J connectivity index is 2.21. The van der Waals surface area contributed by atoms with Crippen molar-refractivity contribution < 1.29 is 19.8 Å². The second-order valence-electron chi connectivity index (χ2n) is 6.69. The molecule has 2 atom stereocenters. The number of β-amino-alcohol motifs (C(OH)–C–C–N with tert-alkyl or cyclic N) is 1. The van der Waals surface area contributed by atoms with E-state index in [1.165, 1.54) is 11.8 Å². The van der Waals surface area contributed by atoms with E-state index in [-0.39, 0.29) is 17.9 Å². The maximum Gasteiger partial charge on any atom is 0.295 e. The number of ketones is 1. The van der Waals surface area contributed by atoms with Gasteiger partial charge < -0.3 is 15.1 Å². The van der Waals surface area contributed by atoms with Crippen LogP contribution in [0.3, 0.4) is 0 Å². The smallest absolute Gasteiger partial charge is 0.295 e. The van der Waals surface area contributed by atoms with Crippen LogP contribution in [-0.4, -0.2) is 39.5 Å². The van der Waals surface area contributed by atoms with Crippen LogP contribution in [0.25, 0.3) is 5.76 Å². The molecule has 5 nitrogen and oxygen atoms in total. The van der Waals surface area contributed by atoms with Gasteiger partial charge >= 0.3 is 0 Å². The lowest BCUT2D eigenvalue weighted by molar-refractivity contribution is -0.140. The maximum atomic E-state index is 12.7. The first-order valence-electron chi connectivity index (χ1n) is 8.59. The molecule has 1 heterocycles. The van der Waals surface area contributed by atoms with Crippen LogP contribution in [0.1, 0.15) is 29.7 Å². The molecule has 0 radical (unpaired) electrons. The third-order valence-electron chi connectivity index (χ3n) is 4.53. The summed E-state index contributed by atoms with van der Waals surface area (Å²) in [5, 5.41) is 21.0. The average Bonchev–Trinajstić information content (AvgIpc) is 2.86.